The number of amides is 1. The van der Waals surface area contributed by atoms with Crippen molar-refractivity contribution >= 4 is 21.8 Å². The number of benzene rings is 2. The van der Waals surface area contributed by atoms with E-state index in [1.54, 1.807) is 18.2 Å². The fourth-order valence-corrected chi connectivity index (χ4v) is 2.04. The van der Waals surface area contributed by atoms with Gasteiger partial charge in [-0.25, -0.2) is 0 Å². The summed E-state index contributed by atoms with van der Waals surface area (Å²) >= 11 is 3.19. The summed E-state index contributed by atoms with van der Waals surface area (Å²) in [7, 11) is 0. The van der Waals surface area contributed by atoms with E-state index in [1.165, 1.54) is 5.56 Å². The highest BCUT2D eigenvalue weighted by Crippen LogP contribution is 2.14. The van der Waals surface area contributed by atoms with Crippen molar-refractivity contribution in [2.75, 3.05) is 5.52 Å². The van der Waals surface area contributed by atoms with E-state index in [-0.39, 0.29) is 5.91 Å². The van der Waals surface area contributed by atoms with E-state index in [2.05, 4.69) is 21.2 Å². The Morgan fingerprint density at radius 2 is 1.95 bits per heavy atom. The van der Waals surface area contributed by atoms with Crippen LogP contribution >= 0.6 is 15.9 Å². The van der Waals surface area contributed by atoms with Crippen LogP contribution in [0.1, 0.15) is 21.5 Å². The number of carbonyl (C=O) groups is 1. The fraction of sp³-hybridized carbons (Fsp3) is 0.188. The number of aryl methyl sites for hydroxylation is 1. The van der Waals surface area contributed by atoms with Crippen molar-refractivity contribution in [2.45, 2.75) is 13.5 Å². The number of halogens is 1. The normalized spacial score (nSPS) is 10.1. The first-order valence-corrected chi connectivity index (χ1v) is 7.44. The molecule has 0 aliphatic carbocycles. The molecule has 1 amide bonds. The lowest BCUT2D eigenvalue weighted by atomic mass is 10.1. The smallest absolute Gasteiger partial charge is 0.251 e. The quantitative estimate of drug-likeness (QED) is 0.848. The van der Waals surface area contributed by atoms with Gasteiger partial charge in [0, 0.05) is 12.1 Å². The minimum atomic E-state index is -0.106. The number of carbonyl (C=O) groups excluding carboxylic acids is 1. The van der Waals surface area contributed by atoms with Crippen LogP contribution in [0.2, 0.25) is 0 Å². The molecule has 0 heterocycles. The van der Waals surface area contributed by atoms with Crippen LogP contribution in [0.3, 0.4) is 0 Å². The van der Waals surface area contributed by atoms with Crippen LogP contribution in [-0.2, 0) is 6.54 Å². The molecule has 0 aliphatic heterocycles. The summed E-state index contributed by atoms with van der Waals surface area (Å²) in [6.07, 6.45) is 0. The van der Waals surface area contributed by atoms with E-state index in [0.717, 1.165) is 5.56 Å². The molecular formula is C16H16BrNO2. The van der Waals surface area contributed by atoms with Gasteiger partial charge in [-0.15, -0.1) is 0 Å². The topological polar surface area (TPSA) is 38.3 Å². The molecular weight excluding hydrogens is 318 g/mol. The fourth-order valence-electron chi connectivity index (χ4n) is 1.78. The predicted octanol–water partition coefficient (Wildman–Crippen LogP) is 3.66. The van der Waals surface area contributed by atoms with Crippen LogP contribution < -0.4 is 10.1 Å². The monoisotopic (exact) mass is 333 g/mol. The molecule has 104 valence electrons. The zero-order chi connectivity index (χ0) is 14.4. The summed E-state index contributed by atoms with van der Waals surface area (Å²) in [4.78, 5) is 12.1. The minimum absolute atomic E-state index is 0.106. The first-order valence-electron chi connectivity index (χ1n) is 6.31. The van der Waals surface area contributed by atoms with Gasteiger partial charge < -0.3 is 10.1 Å². The number of ether oxygens (including phenoxy) is 1. The second-order valence-electron chi connectivity index (χ2n) is 4.45. The van der Waals surface area contributed by atoms with E-state index in [9.17, 15) is 4.79 Å². The molecule has 0 atom stereocenters. The number of alkyl halides is 1. The van der Waals surface area contributed by atoms with Crippen LogP contribution in [0.4, 0.5) is 0 Å². The number of rotatable bonds is 5. The third-order valence-corrected chi connectivity index (χ3v) is 3.12. The van der Waals surface area contributed by atoms with Gasteiger partial charge in [0.25, 0.3) is 5.91 Å². The van der Waals surface area contributed by atoms with Crippen molar-refractivity contribution in [2.24, 2.45) is 0 Å². The van der Waals surface area contributed by atoms with Gasteiger partial charge in [0.15, 0.2) is 0 Å². The van der Waals surface area contributed by atoms with Crippen LogP contribution in [0, 0.1) is 6.92 Å². The zero-order valence-electron chi connectivity index (χ0n) is 11.2. The highest BCUT2D eigenvalue weighted by molar-refractivity contribution is 9.09. The molecule has 1 N–H and O–H groups in total. The molecule has 2 rings (SSSR count). The maximum absolute atomic E-state index is 12.1. The minimum Gasteiger partial charge on any atom is -0.482 e. The molecule has 3 nitrogen and oxygen atoms in total. The highest BCUT2D eigenvalue weighted by Gasteiger charge is 2.06. The molecule has 0 aliphatic rings. The lowest BCUT2D eigenvalue weighted by Crippen LogP contribution is -2.22. The largest absolute Gasteiger partial charge is 0.482 e. The number of hydrogen-bond acceptors (Lipinski definition) is 2. The summed E-state index contributed by atoms with van der Waals surface area (Å²) < 4.78 is 5.31. The molecule has 0 bridgehead atoms. The Labute approximate surface area is 127 Å². The Morgan fingerprint density at radius 3 is 2.65 bits per heavy atom. The lowest BCUT2D eigenvalue weighted by Gasteiger charge is -2.07. The van der Waals surface area contributed by atoms with Gasteiger partial charge in [0.2, 0.25) is 0 Å². The van der Waals surface area contributed by atoms with Gasteiger partial charge >= 0.3 is 0 Å². The summed E-state index contributed by atoms with van der Waals surface area (Å²) in [5.41, 5.74) is 3.29. The van der Waals surface area contributed by atoms with Crippen molar-refractivity contribution in [1.82, 2.24) is 5.32 Å². The van der Waals surface area contributed by atoms with Gasteiger partial charge in [-0.05, 0) is 46.6 Å². The Bertz CT molecular complexity index is 581. The average Bonchev–Trinajstić information content (AvgIpc) is 2.47. The molecule has 0 aromatic heterocycles. The summed E-state index contributed by atoms with van der Waals surface area (Å²) in [5, 5.41) is 2.90. The van der Waals surface area contributed by atoms with E-state index >= 15 is 0 Å². The Kier molecular flexibility index (Phi) is 5.18. The van der Waals surface area contributed by atoms with Crippen LogP contribution in [0.25, 0.3) is 0 Å². The van der Waals surface area contributed by atoms with E-state index in [1.807, 2.05) is 37.3 Å². The summed E-state index contributed by atoms with van der Waals surface area (Å²) in [5.74, 6) is 0.565. The molecule has 4 heteroatoms. The molecule has 0 spiro atoms. The summed E-state index contributed by atoms with van der Waals surface area (Å²) in [6, 6.07) is 15.2. The van der Waals surface area contributed by atoms with Gasteiger partial charge in [0.05, 0.1) is 0 Å². The molecule has 0 saturated carbocycles. The maximum Gasteiger partial charge on any atom is 0.251 e. The first-order chi connectivity index (χ1) is 9.69. The highest BCUT2D eigenvalue weighted by atomic mass is 79.9. The van der Waals surface area contributed by atoms with Crippen LogP contribution in [0.5, 0.6) is 5.75 Å². The van der Waals surface area contributed by atoms with E-state index in [4.69, 9.17) is 4.74 Å². The molecule has 0 radical (unpaired) electrons. The van der Waals surface area contributed by atoms with E-state index < -0.39 is 0 Å². The molecule has 2 aromatic carbocycles. The van der Waals surface area contributed by atoms with Crippen LogP contribution in [0.15, 0.2) is 48.5 Å². The average molecular weight is 334 g/mol. The van der Waals surface area contributed by atoms with Crippen molar-refractivity contribution < 1.29 is 9.53 Å². The Morgan fingerprint density at radius 1 is 1.20 bits per heavy atom. The second-order valence-corrected chi connectivity index (χ2v) is 4.91. The molecule has 20 heavy (non-hydrogen) atoms. The lowest BCUT2D eigenvalue weighted by molar-refractivity contribution is 0.0950. The van der Waals surface area contributed by atoms with Gasteiger partial charge in [-0.1, -0.05) is 35.9 Å². The Hall–Kier alpha value is -1.81. The van der Waals surface area contributed by atoms with Gasteiger partial charge in [0.1, 0.15) is 11.3 Å². The van der Waals surface area contributed by atoms with Crippen molar-refractivity contribution in [3.63, 3.8) is 0 Å². The number of hydrogen-bond donors (Lipinski definition) is 1. The number of nitrogens with one attached hydrogen (secondary N) is 1. The zero-order valence-corrected chi connectivity index (χ0v) is 12.8. The standard InChI is InChI=1S/C16H16BrNO2/c1-12-5-7-13(8-6-12)10-18-16(19)14-3-2-4-15(9-14)20-11-17/h2-9H,10-11H2,1H3,(H,18,19). The SMILES string of the molecule is Cc1ccc(CNC(=O)c2cccc(OCBr)c2)cc1. The second kappa shape index (κ2) is 7.10. The van der Waals surface area contributed by atoms with Crippen molar-refractivity contribution in [3.05, 3.63) is 65.2 Å². The third-order valence-electron chi connectivity index (χ3n) is 2.89. The maximum atomic E-state index is 12.1. The van der Waals surface area contributed by atoms with Gasteiger partial charge in [-0.2, -0.15) is 0 Å². The van der Waals surface area contributed by atoms with Gasteiger partial charge in [-0.3, -0.25) is 4.79 Å². The van der Waals surface area contributed by atoms with Crippen molar-refractivity contribution in [3.8, 4) is 5.75 Å². The summed E-state index contributed by atoms with van der Waals surface area (Å²) in [6.45, 7) is 2.56. The molecule has 0 saturated heterocycles. The molecule has 0 fully saturated rings. The van der Waals surface area contributed by atoms with Crippen molar-refractivity contribution in [1.29, 1.82) is 0 Å². The van der Waals surface area contributed by atoms with Crippen LogP contribution in [-0.4, -0.2) is 11.4 Å². The molecule has 0 unspecified atom stereocenters. The predicted molar refractivity (Wildman–Crippen MR) is 83.2 cm³/mol. The third kappa shape index (κ3) is 4.10. The van der Waals surface area contributed by atoms with E-state index in [0.29, 0.717) is 23.4 Å². The molecule has 2 aromatic rings. The Balaban J connectivity index is 1.97. The first kappa shape index (κ1) is 14.6.